The van der Waals surface area contributed by atoms with Gasteiger partial charge in [-0.3, -0.25) is 9.69 Å². The van der Waals surface area contributed by atoms with Crippen molar-refractivity contribution >= 4 is 22.4 Å². The quantitative estimate of drug-likeness (QED) is 0.227. The van der Waals surface area contributed by atoms with Gasteiger partial charge in [-0.15, -0.1) is 0 Å². The highest BCUT2D eigenvalue weighted by Crippen LogP contribution is 2.39. The van der Waals surface area contributed by atoms with E-state index in [0.717, 1.165) is 25.0 Å². The van der Waals surface area contributed by atoms with Gasteiger partial charge in [-0.2, -0.15) is 26.3 Å². The van der Waals surface area contributed by atoms with Crippen molar-refractivity contribution in [3.63, 3.8) is 0 Å². The largest absolute Gasteiger partial charge is 0.492 e. The number of fused-ring (bicyclic) bond motifs is 1. The number of nitrogens with one attached hydrogen (secondary N) is 1. The number of carbonyl (C=O) groups excluding carboxylic acids is 1. The van der Waals surface area contributed by atoms with E-state index in [-0.39, 0.29) is 22.8 Å². The van der Waals surface area contributed by atoms with Crippen molar-refractivity contribution in [1.29, 1.82) is 0 Å². The Morgan fingerprint density at radius 1 is 0.786 bits per heavy atom. The summed E-state index contributed by atoms with van der Waals surface area (Å²) in [4.78, 5) is 15.5. The molecule has 1 aliphatic heterocycles. The fourth-order valence-corrected chi connectivity index (χ4v) is 4.77. The standard InChI is InChI=1S/C31H26F6N2O3/c32-30(33,34)23-17-22(18-24(19-23)31(35,36)37)20-4-3-5-21(16-20)29(40)38-27-8-9-28(26-7-2-1-6-25(26)27)42-15-12-39-10-13-41-14-11-39/h1-9,16-19H,10-15H2,(H,38,40). The lowest BCUT2D eigenvalue weighted by Crippen LogP contribution is -2.38. The maximum atomic E-state index is 13.4. The second-order valence-electron chi connectivity index (χ2n) is 9.79. The van der Waals surface area contributed by atoms with Crippen LogP contribution < -0.4 is 10.1 Å². The molecular formula is C31H26F6N2O3. The molecule has 1 aliphatic rings. The minimum Gasteiger partial charge on any atom is -0.492 e. The van der Waals surface area contributed by atoms with Gasteiger partial charge >= 0.3 is 12.4 Å². The van der Waals surface area contributed by atoms with Crippen LogP contribution in [0.3, 0.4) is 0 Å². The number of nitrogens with zero attached hydrogens (tertiary/aromatic N) is 1. The molecule has 0 atom stereocenters. The van der Waals surface area contributed by atoms with E-state index in [1.807, 2.05) is 24.3 Å². The van der Waals surface area contributed by atoms with Crippen molar-refractivity contribution in [3.8, 4) is 16.9 Å². The number of benzene rings is 4. The van der Waals surface area contributed by atoms with Crippen LogP contribution in [-0.4, -0.2) is 50.3 Å². The van der Waals surface area contributed by atoms with E-state index in [4.69, 9.17) is 9.47 Å². The van der Waals surface area contributed by atoms with E-state index < -0.39 is 29.4 Å². The molecule has 1 N–H and O–H groups in total. The van der Waals surface area contributed by atoms with Crippen LogP contribution in [0.1, 0.15) is 21.5 Å². The molecule has 220 valence electrons. The summed E-state index contributed by atoms with van der Waals surface area (Å²) in [5.74, 6) is 0.0647. The lowest BCUT2D eigenvalue weighted by atomic mass is 9.97. The molecule has 0 radical (unpaired) electrons. The Hall–Kier alpha value is -4.09. The minimum absolute atomic E-state index is 0.0353. The predicted octanol–water partition coefficient (Wildman–Crippen LogP) is 7.51. The SMILES string of the molecule is O=C(Nc1ccc(OCCN2CCOCC2)c2ccccc12)c1cccc(-c2cc(C(F)(F)F)cc(C(F)(F)F)c2)c1. The van der Waals surface area contributed by atoms with Crippen molar-refractivity contribution < 1.29 is 40.6 Å². The maximum Gasteiger partial charge on any atom is 0.416 e. The number of amides is 1. The van der Waals surface area contributed by atoms with E-state index in [9.17, 15) is 31.1 Å². The number of ether oxygens (including phenoxy) is 2. The van der Waals surface area contributed by atoms with Gasteiger partial charge < -0.3 is 14.8 Å². The molecule has 11 heteroatoms. The highest BCUT2D eigenvalue weighted by Gasteiger charge is 2.37. The molecule has 4 aromatic rings. The first kappa shape index (κ1) is 29.4. The number of anilines is 1. The van der Waals surface area contributed by atoms with Gasteiger partial charge in [0.2, 0.25) is 0 Å². The zero-order valence-electron chi connectivity index (χ0n) is 22.2. The van der Waals surface area contributed by atoms with Crippen LogP contribution in [0.15, 0.2) is 78.9 Å². The van der Waals surface area contributed by atoms with Crippen LogP contribution in [-0.2, 0) is 17.1 Å². The van der Waals surface area contributed by atoms with Gasteiger partial charge in [-0.05, 0) is 53.6 Å². The van der Waals surface area contributed by atoms with Gasteiger partial charge in [0.05, 0.1) is 24.3 Å². The number of halogens is 6. The summed E-state index contributed by atoms with van der Waals surface area (Å²) in [6.07, 6.45) is -9.96. The monoisotopic (exact) mass is 588 g/mol. The van der Waals surface area contributed by atoms with Crippen LogP contribution in [0, 0.1) is 0 Å². The Labute approximate surface area is 237 Å². The molecule has 0 saturated carbocycles. The van der Waals surface area contributed by atoms with Crippen LogP contribution in [0.2, 0.25) is 0 Å². The van der Waals surface area contributed by atoms with E-state index in [2.05, 4.69) is 10.2 Å². The van der Waals surface area contributed by atoms with Crippen LogP contribution in [0.5, 0.6) is 5.75 Å². The number of carbonyl (C=O) groups is 1. The molecule has 1 heterocycles. The van der Waals surface area contributed by atoms with Gasteiger partial charge in [0.1, 0.15) is 12.4 Å². The summed E-state index contributed by atoms with van der Waals surface area (Å²) in [6.45, 7) is 4.27. The van der Waals surface area contributed by atoms with Crippen molar-refractivity contribution in [2.24, 2.45) is 0 Å². The molecule has 0 aliphatic carbocycles. The van der Waals surface area contributed by atoms with Crippen LogP contribution >= 0.6 is 0 Å². The average molecular weight is 589 g/mol. The number of hydrogen-bond donors (Lipinski definition) is 1. The molecule has 42 heavy (non-hydrogen) atoms. The molecule has 5 rings (SSSR count). The summed E-state index contributed by atoms with van der Waals surface area (Å²) in [5.41, 5.74) is -2.60. The van der Waals surface area contributed by atoms with Crippen LogP contribution in [0.4, 0.5) is 32.0 Å². The Kier molecular flexibility index (Phi) is 8.42. The van der Waals surface area contributed by atoms with Gasteiger partial charge in [-0.25, -0.2) is 0 Å². The van der Waals surface area contributed by atoms with Crippen molar-refractivity contribution in [2.45, 2.75) is 12.4 Å². The van der Waals surface area contributed by atoms with Crippen molar-refractivity contribution in [2.75, 3.05) is 44.8 Å². The molecule has 0 spiro atoms. The molecule has 4 aromatic carbocycles. The maximum absolute atomic E-state index is 13.4. The summed E-state index contributed by atoms with van der Waals surface area (Å²) in [6, 6.07) is 17.6. The third-order valence-corrected chi connectivity index (χ3v) is 6.95. The Bertz CT molecular complexity index is 1550. The lowest BCUT2D eigenvalue weighted by molar-refractivity contribution is -0.143. The van der Waals surface area contributed by atoms with E-state index in [0.29, 0.717) is 48.8 Å². The summed E-state index contributed by atoms with van der Waals surface area (Å²) in [7, 11) is 0. The molecule has 0 unspecified atom stereocenters. The Balaban J connectivity index is 1.37. The minimum atomic E-state index is -4.98. The molecule has 0 bridgehead atoms. The van der Waals surface area contributed by atoms with Gasteiger partial charge in [0.25, 0.3) is 5.91 Å². The zero-order valence-corrected chi connectivity index (χ0v) is 22.2. The van der Waals surface area contributed by atoms with Gasteiger partial charge in [0, 0.05) is 41.7 Å². The second-order valence-corrected chi connectivity index (χ2v) is 9.79. The fraction of sp³-hybridized carbons (Fsp3) is 0.258. The Morgan fingerprint density at radius 3 is 2.12 bits per heavy atom. The first-order valence-corrected chi connectivity index (χ1v) is 13.1. The molecule has 1 amide bonds. The third-order valence-electron chi connectivity index (χ3n) is 6.95. The average Bonchev–Trinajstić information content (AvgIpc) is 2.97. The summed E-state index contributed by atoms with van der Waals surface area (Å²) in [5, 5.41) is 4.29. The van der Waals surface area contributed by atoms with Gasteiger partial charge in [-0.1, -0.05) is 36.4 Å². The molecular weight excluding hydrogens is 562 g/mol. The highest BCUT2D eigenvalue weighted by atomic mass is 19.4. The zero-order chi connectivity index (χ0) is 29.9. The summed E-state index contributed by atoms with van der Waals surface area (Å²) < 4.78 is 91.6. The number of alkyl halides is 6. The molecule has 5 nitrogen and oxygen atoms in total. The lowest BCUT2D eigenvalue weighted by Gasteiger charge is -2.26. The first-order chi connectivity index (χ1) is 20.0. The number of morpholine rings is 1. The smallest absolute Gasteiger partial charge is 0.416 e. The second kappa shape index (κ2) is 12.0. The molecule has 1 fully saturated rings. The van der Waals surface area contributed by atoms with E-state index in [1.165, 1.54) is 24.3 Å². The van der Waals surface area contributed by atoms with E-state index >= 15 is 0 Å². The topological polar surface area (TPSA) is 50.8 Å². The van der Waals surface area contributed by atoms with Crippen molar-refractivity contribution in [3.05, 3.63) is 95.6 Å². The van der Waals surface area contributed by atoms with Crippen molar-refractivity contribution in [1.82, 2.24) is 4.90 Å². The Morgan fingerprint density at radius 2 is 1.45 bits per heavy atom. The van der Waals surface area contributed by atoms with Gasteiger partial charge in [0.15, 0.2) is 0 Å². The van der Waals surface area contributed by atoms with Crippen LogP contribution in [0.25, 0.3) is 21.9 Å². The normalized spacial score (nSPS) is 14.6. The molecule has 0 aromatic heterocycles. The number of hydrogen-bond acceptors (Lipinski definition) is 4. The number of rotatable bonds is 7. The highest BCUT2D eigenvalue weighted by molar-refractivity contribution is 6.10. The van der Waals surface area contributed by atoms with E-state index in [1.54, 1.807) is 12.1 Å². The fourth-order valence-electron chi connectivity index (χ4n) is 4.77. The predicted molar refractivity (Wildman–Crippen MR) is 147 cm³/mol. The third kappa shape index (κ3) is 6.85. The molecule has 1 saturated heterocycles. The summed E-state index contributed by atoms with van der Waals surface area (Å²) >= 11 is 0. The first-order valence-electron chi connectivity index (χ1n) is 13.1.